The molecule has 2 heterocycles. The number of para-hydroxylation sites is 2. The van der Waals surface area contributed by atoms with E-state index in [1.54, 1.807) is 24.5 Å². The highest BCUT2D eigenvalue weighted by Crippen LogP contribution is 2.31. The van der Waals surface area contributed by atoms with E-state index in [0.29, 0.717) is 6.04 Å². The van der Waals surface area contributed by atoms with Crippen molar-refractivity contribution in [3.05, 3.63) is 96.4 Å². The molecule has 33 heavy (non-hydrogen) atoms. The van der Waals surface area contributed by atoms with Crippen LogP contribution in [0, 0.1) is 5.82 Å². The molecule has 1 saturated carbocycles. The molecule has 6 rings (SSSR count). The highest BCUT2D eigenvalue weighted by molar-refractivity contribution is 5.84. The van der Waals surface area contributed by atoms with Gasteiger partial charge in [-0.05, 0) is 79.9 Å². The zero-order valence-electron chi connectivity index (χ0n) is 17.9. The quantitative estimate of drug-likeness (QED) is 0.360. The van der Waals surface area contributed by atoms with E-state index in [4.69, 9.17) is 9.98 Å². The molecule has 1 fully saturated rings. The number of halogens is 1. The van der Waals surface area contributed by atoms with Crippen LogP contribution in [0.25, 0.3) is 28.1 Å². The van der Waals surface area contributed by atoms with Gasteiger partial charge in [-0.1, -0.05) is 12.1 Å². The third-order valence-electron chi connectivity index (χ3n) is 6.12. The maximum absolute atomic E-state index is 13.7. The fourth-order valence-corrected chi connectivity index (χ4v) is 4.22. The number of nitrogens with one attached hydrogen (secondary N) is 1. The first-order valence-corrected chi connectivity index (χ1v) is 11.2. The number of hydrogen-bond donors (Lipinski definition) is 1. The lowest BCUT2D eigenvalue weighted by atomic mass is 9.94. The van der Waals surface area contributed by atoms with Gasteiger partial charge in [-0.15, -0.1) is 0 Å². The molecule has 2 aliphatic carbocycles. The van der Waals surface area contributed by atoms with Gasteiger partial charge in [0.1, 0.15) is 5.82 Å². The zero-order chi connectivity index (χ0) is 22.2. The van der Waals surface area contributed by atoms with Crippen molar-refractivity contribution >= 4 is 22.4 Å². The normalized spacial score (nSPS) is 14.5. The maximum atomic E-state index is 13.7. The molecule has 3 aromatic rings. The van der Waals surface area contributed by atoms with Gasteiger partial charge in [0.2, 0.25) is 0 Å². The summed E-state index contributed by atoms with van der Waals surface area (Å²) in [7, 11) is 0. The van der Waals surface area contributed by atoms with Crippen LogP contribution in [0.2, 0.25) is 0 Å². The Labute approximate surface area is 190 Å². The Morgan fingerprint density at radius 2 is 1.82 bits per heavy atom. The highest BCUT2D eigenvalue weighted by Gasteiger charge is 2.19. The molecule has 2 aromatic carbocycles. The fraction of sp³-hybridized carbons (Fsp3) is 0.148. The van der Waals surface area contributed by atoms with Gasteiger partial charge >= 0.3 is 0 Å². The van der Waals surface area contributed by atoms with E-state index in [1.807, 2.05) is 42.5 Å². The third-order valence-corrected chi connectivity index (χ3v) is 6.12. The molecule has 6 heteroatoms. The second-order valence-corrected chi connectivity index (χ2v) is 8.35. The summed E-state index contributed by atoms with van der Waals surface area (Å²) < 4.78 is 15.8. The minimum Gasteiger partial charge on any atom is -0.352 e. The standard InChI is InChI=1S/C27H22FN5/c28-18-10-12-21(13-11-18)33-26-9-2-1-8-22(26)32-25-15-23(31-20-7-4-14-29-17-20)24(16-27(25)33)30-19-5-3-6-19/h1-2,4,7-17,19,31H,3,5-6H2/b30-24+. The van der Waals surface area contributed by atoms with E-state index in [9.17, 15) is 4.39 Å². The minimum absolute atomic E-state index is 0.259. The Morgan fingerprint density at radius 3 is 2.58 bits per heavy atom. The van der Waals surface area contributed by atoms with Crippen LogP contribution in [0.15, 0.2) is 90.2 Å². The molecule has 0 amide bonds. The molecule has 0 atom stereocenters. The highest BCUT2D eigenvalue weighted by atomic mass is 19.1. The number of fused-ring (bicyclic) bond motifs is 2. The average molecular weight is 436 g/mol. The van der Waals surface area contributed by atoms with E-state index in [0.717, 1.165) is 57.7 Å². The topological polar surface area (TPSA) is 55.1 Å². The van der Waals surface area contributed by atoms with Gasteiger partial charge in [0, 0.05) is 11.9 Å². The van der Waals surface area contributed by atoms with Gasteiger partial charge in [0.05, 0.1) is 51.4 Å². The van der Waals surface area contributed by atoms with E-state index in [2.05, 4.69) is 20.9 Å². The summed E-state index contributed by atoms with van der Waals surface area (Å²) in [4.78, 5) is 14.2. The lowest BCUT2D eigenvalue weighted by Crippen LogP contribution is -2.22. The number of pyridine rings is 1. The van der Waals surface area contributed by atoms with Gasteiger partial charge in [0.15, 0.2) is 0 Å². The van der Waals surface area contributed by atoms with Gasteiger partial charge in [-0.3, -0.25) is 9.98 Å². The molecule has 0 spiro atoms. The first kappa shape index (κ1) is 19.6. The molecule has 0 bridgehead atoms. The van der Waals surface area contributed by atoms with Crippen molar-refractivity contribution in [2.75, 3.05) is 5.32 Å². The summed E-state index contributed by atoms with van der Waals surface area (Å²) in [6.45, 7) is 0. The van der Waals surface area contributed by atoms with Crippen molar-refractivity contribution in [2.24, 2.45) is 4.99 Å². The number of rotatable bonds is 4. The Kier molecular flexibility index (Phi) is 4.83. The lowest BCUT2D eigenvalue weighted by molar-refractivity contribution is 0.413. The number of nitrogens with zero attached hydrogens (tertiary/aromatic N) is 4. The second kappa shape index (κ2) is 8.13. The third kappa shape index (κ3) is 3.74. The lowest BCUT2D eigenvalue weighted by Gasteiger charge is -2.23. The van der Waals surface area contributed by atoms with E-state index in [-0.39, 0.29) is 5.82 Å². The molecule has 0 radical (unpaired) electrons. The van der Waals surface area contributed by atoms with Crippen LogP contribution in [-0.4, -0.2) is 20.6 Å². The minimum atomic E-state index is -0.259. The molecule has 1 aliphatic heterocycles. The van der Waals surface area contributed by atoms with E-state index in [1.165, 1.54) is 18.6 Å². The molecule has 0 saturated heterocycles. The SMILES string of the molecule is Fc1ccc(-n2c3c/c(=N\C4CCC4)c(Nc4cccnc4)cc-3nc3ccccc32)cc1. The van der Waals surface area contributed by atoms with E-state index < -0.39 is 0 Å². The Hall–Kier alpha value is -4.06. The smallest absolute Gasteiger partial charge is 0.123 e. The van der Waals surface area contributed by atoms with Gasteiger partial charge < -0.3 is 9.88 Å². The molecule has 0 unspecified atom stereocenters. The summed E-state index contributed by atoms with van der Waals surface area (Å²) in [6, 6.07) is 22.9. The molecule has 162 valence electrons. The summed E-state index contributed by atoms with van der Waals surface area (Å²) in [5.41, 5.74) is 6.25. The summed E-state index contributed by atoms with van der Waals surface area (Å²) >= 11 is 0. The van der Waals surface area contributed by atoms with Crippen LogP contribution in [0.4, 0.5) is 15.8 Å². The first-order valence-electron chi connectivity index (χ1n) is 11.2. The summed E-state index contributed by atoms with van der Waals surface area (Å²) in [6.07, 6.45) is 6.99. The molecular formula is C27H22FN5. The molecule has 5 nitrogen and oxygen atoms in total. The van der Waals surface area contributed by atoms with Crippen molar-refractivity contribution in [1.29, 1.82) is 0 Å². The molecule has 1 N–H and O–H groups in total. The van der Waals surface area contributed by atoms with Gasteiger partial charge in [-0.25, -0.2) is 9.37 Å². The number of anilines is 2. The largest absolute Gasteiger partial charge is 0.352 e. The maximum Gasteiger partial charge on any atom is 0.123 e. The number of hydrogen-bond acceptors (Lipinski definition) is 4. The van der Waals surface area contributed by atoms with Crippen LogP contribution in [0.1, 0.15) is 19.3 Å². The summed E-state index contributed by atoms with van der Waals surface area (Å²) in [5.74, 6) is -0.259. The summed E-state index contributed by atoms with van der Waals surface area (Å²) in [5, 5.41) is 4.37. The Bertz CT molecular complexity index is 1470. The van der Waals surface area contributed by atoms with Crippen LogP contribution < -0.4 is 10.7 Å². The van der Waals surface area contributed by atoms with Crippen molar-refractivity contribution < 1.29 is 4.39 Å². The van der Waals surface area contributed by atoms with Crippen molar-refractivity contribution in [2.45, 2.75) is 25.3 Å². The Morgan fingerprint density at radius 1 is 0.970 bits per heavy atom. The monoisotopic (exact) mass is 435 g/mol. The molecule has 1 aromatic heterocycles. The van der Waals surface area contributed by atoms with Crippen LogP contribution in [-0.2, 0) is 0 Å². The van der Waals surface area contributed by atoms with Crippen LogP contribution in [0.5, 0.6) is 0 Å². The van der Waals surface area contributed by atoms with E-state index >= 15 is 0 Å². The first-order chi connectivity index (χ1) is 16.2. The average Bonchev–Trinajstić information content (AvgIpc) is 2.81. The van der Waals surface area contributed by atoms with Crippen molar-refractivity contribution in [3.8, 4) is 17.1 Å². The molecule has 3 aliphatic rings. The molecular weight excluding hydrogens is 413 g/mol. The second-order valence-electron chi connectivity index (χ2n) is 8.35. The van der Waals surface area contributed by atoms with Crippen LogP contribution >= 0.6 is 0 Å². The predicted molar refractivity (Wildman–Crippen MR) is 128 cm³/mol. The Balaban J connectivity index is 1.64. The van der Waals surface area contributed by atoms with Gasteiger partial charge in [-0.2, -0.15) is 0 Å². The van der Waals surface area contributed by atoms with Crippen molar-refractivity contribution in [1.82, 2.24) is 14.5 Å². The van der Waals surface area contributed by atoms with Gasteiger partial charge in [0.25, 0.3) is 0 Å². The predicted octanol–water partition coefficient (Wildman–Crippen LogP) is 5.86. The van der Waals surface area contributed by atoms with Crippen LogP contribution in [0.3, 0.4) is 0 Å². The number of aromatic nitrogens is 3. The zero-order valence-corrected chi connectivity index (χ0v) is 17.9. The van der Waals surface area contributed by atoms with Crippen molar-refractivity contribution in [3.63, 3.8) is 0 Å². The fourth-order valence-electron chi connectivity index (χ4n) is 4.22. The number of benzene rings is 3.